The van der Waals surface area contributed by atoms with Gasteiger partial charge in [0.2, 0.25) is 0 Å². The third kappa shape index (κ3) is 3.14. The number of amides is 1. The summed E-state index contributed by atoms with van der Waals surface area (Å²) >= 11 is 0. The highest BCUT2D eigenvalue weighted by atomic mass is 16.5. The Morgan fingerprint density at radius 2 is 1.81 bits per heavy atom. The summed E-state index contributed by atoms with van der Waals surface area (Å²) in [6, 6.07) is 11.5. The predicted molar refractivity (Wildman–Crippen MR) is 107 cm³/mol. The standard InChI is InChI=1S/C22H23N3O2/c1-13-9-16-5-7-18(27-4)11-21(16)25(12-13)22(26)17-6-8-19-20(10-17)24-15(3)14(2)23-19/h5-8,10-11,13H,9,12H2,1-4H3. The molecule has 0 radical (unpaired) electrons. The summed E-state index contributed by atoms with van der Waals surface area (Å²) in [5.41, 5.74) is 6.09. The average molecular weight is 361 g/mol. The van der Waals surface area contributed by atoms with E-state index in [-0.39, 0.29) is 5.91 Å². The number of carbonyl (C=O) groups excluding carboxylic acids is 1. The van der Waals surface area contributed by atoms with E-state index in [0.29, 0.717) is 18.0 Å². The Morgan fingerprint density at radius 3 is 2.56 bits per heavy atom. The molecule has 1 aliphatic rings. The zero-order chi connectivity index (χ0) is 19.1. The molecule has 1 aliphatic heterocycles. The Hall–Kier alpha value is -2.95. The fraction of sp³-hybridized carbons (Fsp3) is 0.318. The molecule has 138 valence electrons. The minimum absolute atomic E-state index is 0.0158. The molecule has 3 aromatic rings. The van der Waals surface area contributed by atoms with E-state index in [9.17, 15) is 4.79 Å². The number of nitrogens with zero attached hydrogens (tertiary/aromatic N) is 3. The number of fused-ring (bicyclic) bond motifs is 2. The van der Waals surface area contributed by atoms with Crippen molar-refractivity contribution < 1.29 is 9.53 Å². The molecule has 0 N–H and O–H groups in total. The molecular formula is C22H23N3O2. The number of rotatable bonds is 2. The largest absolute Gasteiger partial charge is 0.497 e. The molecule has 5 heteroatoms. The van der Waals surface area contributed by atoms with Crippen LogP contribution in [0.25, 0.3) is 11.0 Å². The van der Waals surface area contributed by atoms with Crippen LogP contribution in [-0.2, 0) is 6.42 Å². The number of carbonyl (C=O) groups is 1. The summed E-state index contributed by atoms with van der Waals surface area (Å²) in [6.45, 7) is 6.74. The minimum Gasteiger partial charge on any atom is -0.497 e. The summed E-state index contributed by atoms with van der Waals surface area (Å²) in [4.78, 5) is 24.4. The van der Waals surface area contributed by atoms with E-state index < -0.39 is 0 Å². The van der Waals surface area contributed by atoms with Gasteiger partial charge in [-0.2, -0.15) is 0 Å². The van der Waals surface area contributed by atoms with Gasteiger partial charge in [-0.25, -0.2) is 9.97 Å². The molecule has 2 aromatic carbocycles. The number of aryl methyl sites for hydroxylation is 2. The summed E-state index contributed by atoms with van der Waals surface area (Å²) in [6.07, 6.45) is 0.963. The monoisotopic (exact) mass is 361 g/mol. The average Bonchev–Trinajstić information content (AvgIpc) is 2.67. The molecule has 1 amide bonds. The van der Waals surface area contributed by atoms with Crippen molar-refractivity contribution in [3.05, 3.63) is 58.9 Å². The lowest BCUT2D eigenvalue weighted by molar-refractivity contribution is 0.0981. The smallest absolute Gasteiger partial charge is 0.258 e. The van der Waals surface area contributed by atoms with Gasteiger partial charge in [-0.1, -0.05) is 13.0 Å². The number of hydrogen-bond donors (Lipinski definition) is 0. The van der Waals surface area contributed by atoms with E-state index >= 15 is 0 Å². The third-order valence-corrected chi connectivity index (χ3v) is 5.21. The normalized spacial score (nSPS) is 16.3. The molecular weight excluding hydrogens is 338 g/mol. The number of benzene rings is 2. The van der Waals surface area contributed by atoms with Crippen LogP contribution in [0, 0.1) is 19.8 Å². The number of aromatic nitrogens is 2. The van der Waals surface area contributed by atoms with Crippen LogP contribution in [0.2, 0.25) is 0 Å². The van der Waals surface area contributed by atoms with Gasteiger partial charge >= 0.3 is 0 Å². The maximum absolute atomic E-state index is 13.3. The highest BCUT2D eigenvalue weighted by Gasteiger charge is 2.28. The number of ether oxygens (including phenoxy) is 1. The zero-order valence-corrected chi connectivity index (χ0v) is 16.1. The summed E-state index contributed by atoms with van der Waals surface area (Å²) in [7, 11) is 1.64. The van der Waals surface area contributed by atoms with Gasteiger partial charge < -0.3 is 9.64 Å². The fourth-order valence-corrected chi connectivity index (χ4v) is 3.66. The van der Waals surface area contributed by atoms with Crippen LogP contribution in [0.4, 0.5) is 5.69 Å². The number of methoxy groups -OCH3 is 1. The number of anilines is 1. The van der Waals surface area contributed by atoms with Crippen molar-refractivity contribution >= 4 is 22.6 Å². The fourth-order valence-electron chi connectivity index (χ4n) is 3.66. The lowest BCUT2D eigenvalue weighted by Gasteiger charge is -2.33. The molecule has 1 unspecified atom stereocenters. The molecule has 2 heterocycles. The molecule has 0 fully saturated rings. The number of hydrogen-bond acceptors (Lipinski definition) is 4. The molecule has 5 nitrogen and oxygen atoms in total. The second-order valence-corrected chi connectivity index (χ2v) is 7.32. The first-order valence-corrected chi connectivity index (χ1v) is 9.20. The van der Waals surface area contributed by atoms with Gasteiger partial charge in [0.05, 0.1) is 35.2 Å². The Balaban J connectivity index is 1.76. The zero-order valence-electron chi connectivity index (χ0n) is 16.1. The molecule has 4 rings (SSSR count). The molecule has 0 spiro atoms. The second-order valence-electron chi connectivity index (χ2n) is 7.32. The first kappa shape index (κ1) is 17.5. The first-order valence-electron chi connectivity index (χ1n) is 9.20. The van der Waals surface area contributed by atoms with Gasteiger partial charge in [0.25, 0.3) is 5.91 Å². The van der Waals surface area contributed by atoms with Gasteiger partial charge in [0, 0.05) is 18.2 Å². The quantitative estimate of drug-likeness (QED) is 0.690. The molecule has 0 bridgehead atoms. The van der Waals surface area contributed by atoms with E-state index in [1.807, 2.05) is 49.1 Å². The van der Waals surface area contributed by atoms with E-state index in [4.69, 9.17) is 4.74 Å². The molecule has 0 saturated heterocycles. The van der Waals surface area contributed by atoms with Crippen LogP contribution >= 0.6 is 0 Å². The Morgan fingerprint density at radius 1 is 1.07 bits per heavy atom. The lowest BCUT2D eigenvalue weighted by Crippen LogP contribution is -2.39. The van der Waals surface area contributed by atoms with Crippen molar-refractivity contribution in [1.82, 2.24) is 9.97 Å². The predicted octanol–water partition coefficient (Wildman–Crippen LogP) is 4.09. The first-order chi connectivity index (χ1) is 13.0. The maximum Gasteiger partial charge on any atom is 0.258 e. The van der Waals surface area contributed by atoms with Crippen LogP contribution < -0.4 is 9.64 Å². The van der Waals surface area contributed by atoms with Crippen molar-refractivity contribution in [2.75, 3.05) is 18.6 Å². The topological polar surface area (TPSA) is 55.3 Å². The van der Waals surface area contributed by atoms with Crippen LogP contribution in [0.3, 0.4) is 0 Å². The van der Waals surface area contributed by atoms with E-state index in [0.717, 1.165) is 40.3 Å². The molecule has 1 atom stereocenters. The van der Waals surface area contributed by atoms with Crippen molar-refractivity contribution in [2.45, 2.75) is 27.2 Å². The van der Waals surface area contributed by atoms with E-state index in [1.165, 1.54) is 5.56 Å². The third-order valence-electron chi connectivity index (χ3n) is 5.21. The van der Waals surface area contributed by atoms with Crippen LogP contribution in [0.1, 0.15) is 34.2 Å². The van der Waals surface area contributed by atoms with Crippen LogP contribution in [0.5, 0.6) is 5.75 Å². The van der Waals surface area contributed by atoms with Gasteiger partial charge in [0.1, 0.15) is 5.75 Å². The highest BCUT2D eigenvalue weighted by molar-refractivity contribution is 6.08. The summed E-state index contributed by atoms with van der Waals surface area (Å²) in [5.74, 6) is 1.15. The lowest BCUT2D eigenvalue weighted by atomic mass is 9.93. The van der Waals surface area contributed by atoms with Crippen LogP contribution in [0.15, 0.2) is 36.4 Å². The van der Waals surface area contributed by atoms with E-state index in [2.05, 4.69) is 23.0 Å². The molecule has 0 aliphatic carbocycles. The van der Waals surface area contributed by atoms with Gasteiger partial charge in [-0.05, 0) is 56.0 Å². The van der Waals surface area contributed by atoms with Gasteiger partial charge in [0.15, 0.2) is 0 Å². The Labute approximate surface area is 159 Å². The van der Waals surface area contributed by atoms with Crippen molar-refractivity contribution in [3.8, 4) is 5.75 Å². The van der Waals surface area contributed by atoms with E-state index in [1.54, 1.807) is 7.11 Å². The molecule has 27 heavy (non-hydrogen) atoms. The maximum atomic E-state index is 13.3. The minimum atomic E-state index is -0.0158. The summed E-state index contributed by atoms with van der Waals surface area (Å²) < 4.78 is 5.37. The SMILES string of the molecule is COc1ccc2c(c1)N(C(=O)c1ccc3nc(C)c(C)nc3c1)CC(C)C2. The van der Waals surface area contributed by atoms with Gasteiger partial charge in [-0.3, -0.25) is 4.79 Å². The Kier molecular flexibility index (Phi) is 4.30. The molecule has 1 aromatic heterocycles. The highest BCUT2D eigenvalue weighted by Crippen LogP contribution is 2.34. The van der Waals surface area contributed by atoms with Crippen molar-refractivity contribution in [1.29, 1.82) is 0 Å². The Bertz CT molecular complexity index is 1050. The van der Waals surface area contributed by atoms with Crippen LogP contribution in [-0.4, -0.2) is 29.5 Å². The molecule has 0 saturated carbocycles. The van der Waals surface area contributed by atoms with Crippen molar-refractivity contribution in [3.63, 3.8) is 0 Å². The van der Waals surface area contributed by atoms with Gasteiger partial charge in [-0.15, -0.1) is 0 Å². The second kappa shape index (κ2) is 6.65. The van der Waals surface area contributed by atoms with Crippen molar-refractivity contribution in [2.24, 2.45) is 5.92 Å². The summed E-state index contributed by atoms with van der Waals surface area (Å²) in [5, 5.41) is 0.